The Balaban J connectivity index is 2.42. The lowest BCUT2D eigenvalue weighted by Crippen LogP contribution is -2.44. The van der Waals surface area contributed by atoms with E-state index in [-0.39, 0.29) is 24.9 Å². The Labute approximate surface area is 125 Å². The number of nitrogens with one attached hydrogen (secondary N) is 1. The summed E-state index contributed by atoms with van der Waals surface area (Å²) in [5.74, 6) is -0.787. The number of amides is 1. The number of carbonyl (C=O) groups is 2. The van der Waals surface area contributed by atoms with Gasteiger partial charge in [0.1, 0.15) is 11.8 Å². The summed E-state index contributed by atoms with van der Waals surface area (Å²) in [7, 11) is 0. The Morgan fingerprint density at radius 2 is 1.90 bits per heavy atom. The summed E-state index contributed by atoms with van der Waals surface area (Å²) in [5, 5.41) is 11.5. The Morgan fingerprint density at radius 1 is 1.24 bits per heavy atom. The zero-order valence-corrected chi connectivity index (χ0v) is 13.0. The number of carboxylic acids is 1. The fraction of sp³-hybridized carbons (Fsp3) is 0.500. The van der Waals surface area contributed by atoms with Gasteiger partial charge in [-0.3, -0.25) is 4.79 Å². The Bertz CT molecular complexity index is 511. The maximum absolute atomic E-state index is 11.7. The predicted octanol–water partition coefficient (Wildman–Crippen LogP) is 2.30. The van der Waals surface area contributed by atoms with Crippen molar-refractivity contribution in [3.8, 4) is 5.75 Å². The van der Waals surface area contributed by atoms with Crippen molar-refractivity contribution in [1.29, 1.82) is 0 Å². The van der Waals surface area contributed by atoms with E-state index in [4.69, 9.17) is 9.84 Å². The van der Waals surface area contributed by atoms with Crippen LogP contribution in [-0.2, 0) is 9.59 Å². The summed E-state index contributed by atoms with van der Waals surface area (Å²) in [6.07, 6.45) is 0.128. The third kappa shape index (κ3) is 5.45. The normalized spacial score (nSPS) is 12.0. The monoisotopic (exact) mass is 293 g/mol. The number of carboxylic acid groups (broad SMARTS) is 1. The highest BCUT2D eigenvalue weighted by atomic mass is 16.5. The summed E-state index contributed by atoms with van der Waals surface area (Å²) < 4.78 is 5.51. The molecule has 0 aliphatic carbocycles. The third-order valence-electron chi connectivity index (χ3n) is 3.33. The summed E-state index contributed by atoms with van der Waals surface area (Å²) in [6, 6.07) is 4.87. The maximum Gasteiger partial charge on any atom is 0.326 e. The molecule has 1 aromatic carbocycles. The molecule has 0 heterocycles. The number of ether oxygens (including phenoxy) is 1. The van der Waals surface area contributed by atoms with E-state index in [0.717, 1.165) is 5.56 Å². The van der Waals surface area contributed by atoms with Crippen LogP contribution < -0.4 is 10.1 Å². The van der Waals surface area contributed by atoms with Crippen LogP contribution in [0.1, 0.15) is 31.4 Å². The standard InChI is InChI=1S/C16H23NO4/c1-10(2)15(16(19)20)17-14(18)7-8-21-13-6-5-11(3)12(4)9-13/h5-6,9-10,15H,7-8H2,1-4H3,(H,17,18)(H,19,20)/t15-/m0/s1. The van der Waals surface area contributed by atoms with E-state index in [2.05, 4.69) is 5.32 Å². The highest BCUT2D eigenvalue weighted by Gasteiger charge is 2.23. The number of aryl methyl sites for hydroxylation is 2. The van der Waals surface area contributed by atoms with Gasteiger partial charge in [-0.1, -0.05) is 19.9 Å². The lowest BCUT2D eigenvalue weighted by atomic mass is 10.0. The van der Waals surface area contributed by atoms with Crippen LogP contribution in [0.5, 0.6) is 5.75 Å². The zero-order chi connectivity index (χ0) is 16.0. The molecule has 0 bridgehead atoms. The first-order valence-corrected chi connectivity index (χ1v) is 7.03. The molecule has 0 saturated heterocycles. The zero-order valence-electron chi connectivity index (χ0n) is 13.0. The smallest absolute Gasteiger partial charge is 0.326 e. The quantitative estimate of drug-likeness (QED) is 0.809. The average Bonchev–Trinajstić information content (AvgIpc) is 2.39. The second-order valence-corrected chi connectivity index (χ2v) is 5.47. The molecule has 1 rings (SSSR count). The number of hydrogen-bond donors (Lipinski definition) is 2. The summed E-state index contributed by atoms with van der Waals surface area (Å²) in [6.45, 7) is 7.74. The van der Waals surface area contributed by atoms with Crippen molar-refractivity contribution in [2.45, 2.75) is 40.2 Å². The molecule has 1 atom stereocenters. The number of rotatable bonds is 7. The van der Waals surface area contributed by atoms with Gasteiger partial charge >= 0.3 is 5.97 Å². The van der Waals surface area contributed by atoms with Gasteiger partial charge in [-0.25, -0.2) is 4.79 Å². The first-order valence-electron chi connectivity index (χ1n) is 7.03. The molecule has 0 fully saturated rings. The van der Waals surface area contributed by atoms with Gasteiger partial charge in [-0.15, -0.1) is 0 Å². The molecule has 0 radical (unpaired) electrons. The first kappa shape index (κ1) is 17.0. The molecule has 5 nitrogen and oxygen atoms in total. The largest absolute Gasteiger partial charge is 0.493 e. The van der Waals surface area contributed by atoms with E-state index < -0.39 is 12.0 Å². The maximum atomic E-state index is 11.7. The highest BCUT2D eigenvalue weighted by Crippen LogP contribution is 2.16. The fourth-order valence-electron chi connectivity index (χ4n) is 1.82. The molecule has 21 heavy (non-hydrogen) atoms. The van der Waals surface area contributed by atoms with Gasteiger partial charge in [-0.2, -0.15) is 0 Å². The summed E-state index contributed by atoms with van der Waals surface area (Å²) in [5.41, 5.74) is 2.31. The van der Waals surface area contributed by atoms with Crippen LogP contribution in [0.3, 0.4) is 0 Å². The molecule has 0 unspecified atom stereocenters. The molecule has 0 aliphatic rings. The molecule has 0 spiro atoms. The van der Waals surface area contributed by atoms with Gasteiger partial charge in [0.15, 0.2) is 0 Å². The van der Waals surface area contributed by atoms with Crippen molar-refractivity contribution >= 4 is 11.9 Å². The highest BCUT2D eigenvalue weighted by molar-refractivity contribution is 5.83. The number of benzene rings is 1. The molecule has 1 amide bonds. The van der Waals surface area contributed by atoms with Crippen LogP contribution >= 0.6 is 0 Å². The topological polar surface area (TPSA) is 75.6 Å². The lowest BCUT2D eigenvalue weighted by Gasteiger charge is -2.17. The Kier molecular flexibility index (Phi) is 6.21. The van der Waals surface area contributed by atoms with Crippen LogP contribution in [0.2, 0.25) is 0 Å². The minimum absolute atomic E-state index is 0.128. The van der Waals surface area contributed by atoms with Crippen molar-refractivity contribution < 1.29 is 19.4 Å². The summed E-state index contributed by atoms with van der Waals surface area (Å²) in [4.78, 5) is 22.7. The number of carbonyl (C=O) groups excluding carboxylic acids is 1. The van der Waals surface area contributed by atoms with E-state index in [0.29, 0.717) is 5.75 Å². The molecule has 2 N–H and O–H groups in total. The van der Waals surface area contributed by atoms with Gasteiger partial charge in [0.2, 0.25) is 5.91 Å². The van der Waals surface area contributed by atoms with E-state index >= 15 is 0 Å². The van der Waals surface area contributed by atoms with E-state index in [1.165, 1.54) is 5.56 Å². The average molecular weight is 293 g/mol. The molecule has 0 aromatic heterocycles. The molecule has 0 aliphatic heterocycles. The van der Waals surface area contributed by atoms with Gasteiger partial charge in [0, 0.05) is 0 Å². The van der Waals surface area contributed by atoms with Crippen LogP contribution in [0.15, 0.2) is 18.2 Å². The molecular formula is C16H23NO4. The minimum atomic E-state index is -1.02. The van der Waals surface area contributed by atoms with Crippen molar-refractivity contribution in [3.63, 3.8) is 0 Å². The predicted molar refractivity (Wildman–Crippen MR) is 80.4 cm³/mol. The van der Waals surface area contributed by atoms with Crippen LogP contribution in [0.4, 0.5) is 0 Å². The third-order valence-corrected chi connectivity index (χ3v) is 3.33. The van der Waals surface area contributed by atoms with E-state index in [9.17, 15) is 9.59 Å². The second kappa shape index (κ2) is 7.67. The molecule has 1 aromatic rings. The Morgan fingerprint density at radius 3 is 2.43 bits per heavy atom. The SMILES string of the molecule is Cc1ccc(OCCC(=O)N[C@H](C(=O)O)C(C)C)cc1C. The van der Waals surface area contributed by atoms with Gasteiger partial charge < -0.3 is 15.2 Å². The van der Waals surface area contributed by atoms with Crippen molar-refractivity contribution in [2.75, 3.05) is 6.61 Å². The van der Waals surface area contributed by atoms with E-state index in [1.54, 1.807) is 13.8 Å². The first-order chi connectivity index (χ1) is 9.81. The van der Waals surface area contributed by atoms with Gasteiger partial charge in [-0.05, 0) is 43.0 Å². The molecule has 116 valence electrons. The van der Waals surface area contributed by atoms with Crippen LogP contribution in [-0.4, -0.2) is 29.6 Å². The molecule has 0 saturated carbocycles. The van der Waals surface area contributed by atoms with Gasteiger partial charge in [0.25, 0.3) is 0 Å². The number of hydrogen-bond acceptors (Lipinski definition) is 3. The van der Waals surface area contributed by atoms with Crippen molar-refractivity contribution in [2.24, 2.45) is 5.92 Å². The Hall–Kier alpha value is -2.04. The molecule has 5 heteroatoms. The summed E-state index contributed by atoms with van der Waals surface area (Å²) >= 11 is 0. The van der Waals surface area contributed by atoms with Crippen molar-refractivity contribution in [3.05, 3.63) is 29.3 Å². The van der Waals surface area contributed by atoms with Crippen molar-refractivity contribution in [1.82, 2.24) is 5.32 Å². The van der Waals surface area contributed by atoms with E-state index in [1.807, 2.05) is 32.0 Å². The molecular weight excluding hydrogens is 270 g/mol. The van der Waals surface area contributed by atoms with Crippen LogP contribution in [0, 0.1) is 19.8 Å². The van der Waals surface area contributed by atoms with Crippen LogP contribution in [0.25, 0.3) is 0 Å². The van der Waals surface area contributed by atoms with Gasteiger partial charge in [0.05, 0.1) is 13.0 Å². The second-order valence-electron chi connectivity index (χ2n) is 5.47. The fourth-order valence-corrected chi connectivity index (χ4v) is 1.82. The minimum Gasteiger partial charge on any atom is -0.493 e. The number of aliphatic carboxylic acids is 1. The lowest BCUT2D eigenvalue weighted by molar-refractivity contribution is -0.143.